The van der Waals surface area contributed by atoms with Crippen molar-refractivity contribution >= 4 is 41.8 Å². The number of allylic oxidation sites excluding steroid dienone is 1. The Morgan fingerprint density at radius 3 is 1.88 bits per heavy atom. The van der Waals surface area contributed by atoms with Gasteiger partial charge in [-0.1, -0.05) is 97.5 Å². The number of hydrogen-bond acceptors (Lipinski definition) is 15. The van der Waals surface area contributed by atoms with Crippen molar-refractivity contribution in [1.29, 1.82) is 0 Å². The van der Waals surface area contributed by atoms with Crippen LogP contribution in [0.5, 0.6) is 0 Å². The summed E-state index contributed by atoms with van der Waals surface area (Å²) in [7, 11) is 0. The van der Waals surface area contributed by atoms with E-state index in [0.717, 1.165) is 77.6 Å². The van der Waals surface area contributed by atoms with E-state index >= 15 is 0 Å². The van der Waals surface area contributed by atoms with E-state index in [0.29, 0.717) is 25.8 Å². The highest BCUT2D eigenvalue weighted by Crippen LogP contribution is 2.57. The molecule has 17 heteroatoms. The predicted octanol–water partition coefficient (Wildman–Crippen LogP) is 7.69. The first kappa shape index (κ1) is 58.8. The molecule has 1 saturated carbocycles. The summed E-state index contributed by atoms with van der Waals surface area (Å²) in [6.45, 7) is 20.2. The van der Waals surface area contributed by atoms with Crippen LogP contribution in [-0.4, -0.2) is 111 Å². The lowest BCUT2D eigenvalue weighted by atomic mass is 9.75. The van der Waals surface area contributed by atoms with E-state index in [1.807, 2.05) is 13.8 Å². The molecular weight excluding hydrogens is 893 g/mol. The molecule has 69 heavy (non-hydrogen) atoms. The number of alkyl carbamates (subject to hydrolysis) is 1. The zero-order chi connectivity index (χ0) is 51.9. The molecule has 0 bridgehead atoms. The van der Waals surface area contributed by atoms with E-state index in [9.17, 15) is 43.8 Å². The van der Waals surface area contributed by atoms with Gasteiger partial charge in [0.2, 0.25) is 5.91 Å². The minimum absolute atomic E-state index is 0.0406. The number of rotatable bonds is 26. The number of carbonyl (C=O) groups is 7. The Labute approximate surface area is 409 Å². The zero-order valence-corrected chi connectivity index (χ0v) is 43.5. The number of carbonyl (C=O) groups excluding carboxylic acids is 7. The van der Waals surface area contributed by atoms with Crippen molar-refractivity contribution in [2.75, 3.05) is 6.54 Å². The highest BCUT2D eigenvalue weighted by atomic mass is 16.6. The molecular formula is C52H84N2O15. The Hall–Kier alpha value is -4.51. The molecule has 0 spiro atoms. The summed E-state index contributed by atoms with van der Waals surface area (Å²) in [5, 5.41) is 30.1. The average Bonchev–Trinajstić information content (AvgIpc) is 3.58. The molecule has 0 aromatic carbocycles. The molecule has 1 saturated heterocycles. The van der Waals surface area contributed by atoms with Crippen LogP contribution in [0.2, 0.25) is 0 Å². The minimum atomic E-state index is -2.63. The molecule has 3 aliphatic rings. The molecule has 9 atom stereocenters. The molecule has 0 radical (unpaired) electrons. The number of amides is 2. The number of ether oxygens (including phenoxy) is 6. The zero-order valence-electron chi connectivity index (χ0n) is 43.5. The molecule has 4 N–H and O–H groups in total. The predicted molar refractivity (Wildman–Crippen MR) is 256 cm³/mol. The summed E-state index contributed by atoms with van der Waals surface area (Å²) in [6.07, 6.45) is 6.54. The smallest absolute Gasteiger partial charge is 0.408 e. The van der Waals surface area contributed by atoms with Crippen molar-refractivity contribution in [3.05, 3.63) is 22.8 Å². The van der Waals surface area contributed by atoms with Crippen LogP contribution in [0.1, 0.15) is 192 Å². The van der Waals surface area contributed by atoms with E-state index in [1.165, 1.54) is 13.8 Å². The molecule has 3 rings (SSSR count). The minimum Gasteiger partial charge on any atom is -0.459 e. The first-order chi connectivity index (χ1) is 32.2. The fourth-order valence-corrected chi connectivity index (χ4v) is 9.62. The second-order valence-corrected chi connectivity index (χ2v) is 20.9. The average molecular weight is 977 g/mol. The van der Waals surface area contributed by atoms with Crippen molar-refractivity contribution in [3.63, 3.8) is 0 Å². The van der Waals surface area contributed by atoms with Gasteiger partial charge >= 0.3 is 35.9 Å². The molecule has 2 amide bonds. The van der Waals surface area contributed by atoms with Crippen molar-refractivity contribution in [2.45, 2.75) is 245 Å². The fourth-order valence-electron chi connectivity index (χ4n) is 9.62. The van der Waals surface area contributed by atoms with Crippen LogP contribution in [0.3, 0.4) is 0 Å². The summed E-state index contributed by atoms with van der Waals surface area (Å²) in [6, 6.07) is -0.699. The van der Waals surface area contributed by atoms with Gasteiger partial charge in [0, 0.05) is 38.3 Å². The third kappa shape index (κ3) is 15.7. The van der Waals surface area contributed by atoms with Gasteiger partial charge in [-0.2, -0.15) is 0 Å². The van der Waals surface area contributed by atoms with Crippen LogP contribution in [-0.2, 0) is 57.2 Å². The molecule has 392 valence electrons. The molecule has 0 unspecified atom stereocenters. The van der Waals surface area contributed by atoms with Crippen LogP contribution >= 0.6 is 0 Å². The number of fused-ring (bicyclic) bond motifs is 3. The van der Waals surface area contributed by atoms with Crippen LogP contribution in [0, 0.1) is 11.8 Å². The lowest BCUT2D eigenvalue weighted by Gasteiger charge is -2.41. The second-order valence-electron chi connectivity index (χ2n) is 20.9. The Balaban J connectivity index is 1.67. The normalized spacial score (nSPS) is 27.1. The molecule has 0 aromatic rings. The third-order valence-corrected chi connectivity index (χ3v) is 13.5. The topological polar surface area (TPSA) is 239 Å². The van der Waals surface area contributed by atoms with Crippen molar-refractivity contribution in [3.8, 4) is 0 Å². The molecule has 0 aromatic heterocycles. The van der Waals surface area contributed by atoms with E-state index in [1.54, 1.807) is 47.6 Å². The highest BCUT2D eigenvalue weighted by molar-refractivity contribution is 5.88. The summed E-state index contributed by atoms with van der Waals surface area (Å²) in [4.78, 5) is 92.0. The molecule has 1 aliphatic heterocycles. The van der Waals surface area contributed by atoms with E-state index < -0.39 is 101 Å². The van der Waals surface area contributed by atoms with E-state index in [-0.39, 0.29) is 41.4 Å². The Kier molecular flexibility index (Phi) is 22.2. The number of unbranched alkanes of at least 4 members (excludes halogenated alkanes) is 12. The van der Waals surface area contributed by atoms with Crippen molar-refractivity contribution in [2.24, 2.45) is 11.8 Å². The summed E-state index contributed by atoms with van der Waals surface area (Å²) >= 11 is 0. The van der Waals surface area contributed by atoms with Gasteiger partial charge in [0.15, 0.2) is 29.5 Å². The standard InChI is InChI=1S/C52H84N2O15/c1-13-15-16-22-25-29-38(57)65-43-40-39(34(6)42(43)66-46(59)33(5)14-2)44-52(63,51(12,62)47(60)67-44)36(31-50(40,11)68-35(7)55)64-37(56)28-26-23-20-18-17-19-21-24-27-30-53-45(58)41(32(3)4)54-48(61)69-49(8,9)10/h14,32,36,40-44,62-63H,13,15-31H2,1-12H3,(H,53,58)(H,54,61)/b33-14-/t36-,40+,41-,42-,43-,44-,50-,51+,52+/m0/s1. The van der Waals surface area contributed by atoms with Crippen molar-refractivity contribution in [1.82, 2.24) is 10.6 Å². The van der Waals surface area contributed by atoms with Gasteiger partial charge in [-0.15, -0.1) is 0 Å². The Morgan fingerprint density at radius 1 is 0.826 bits per heavy atom. The Morgan fingerprint density at radius 2 is 1.36 bits per heavy atom. The second kappa shape index (κ2) is 26.1. The molecule has 1 heterocycles. The van der Waals surface area contributed by atoms with Gasteiger partial charge in [0.05, 0.1) is 5.92 Å². The summed E-state index contributed by atoms with van der Waals surface area (Å²) in [5.41, 5.74) is -7.01. The SMILES string of the molecule is C/C=C(/C)C(=O)O[C@H]1C(C)=C2[C@H]([C@@H]1OC(=O)CCCCCCC)[C@@](C)(OC(C)=O)C[C@H](OC(=O)CCCCCCCCCCCNC(=O)[C@@H](NC(=O)OC(C)(C)C)C(C)C)[C@@]1(O)[C@H]2OC(=O)[C@@]1(C)O. The third-order valence-electron chi connectivity index (χ3n) is 13.5. The van der Waals surface area contributed by atoms with Gasteiger partial charge in [-0.05, 0) is 91.7 Å². The highest BCUT2D eigenvalue weighted by Gasteiger charge is 2.76. The van der Waals surface area contributed by atoms with Gasteiger partial charge in [-0.3, -0.25) is 19.2 Å². The van der Waals surface area contributed by atoms with Crippen LogP contribution in [0.15, 0.2) is 22.8 Å². The van der Waals surface area contributed by atoms with Gasteiger partial charge < -0.3 is 49.3 Å². The largest absolute Gasteiger partial charge is 0.459 e. The first-order valence-corrected chi connectivity index (χ1v) is 25.3. The van der Waals surface area contributed by atoms with Crippen LogP contribution in [0.4, 0.5) is 4.79 Å². The number of aliphatic hydroxyl groups is 2. The van der Waals surface area contributed by atoms with E-state index in [2.05, 4.69) is 17.6 Å². The molecule has 2 fully saturated rings. The van der Waals surface area contributed by atoms with Crippen LogP contribution in [0.25, 0.3) is 0 Å². The van der Waals surface area contributed by atoms with Gasteiger partial charge in [0.25, 0.3) is 0 Å². The number of esters is 5. The number of hydrogen-bond donors (Lipinski definition) is 4. The number of nitrogens with one attached hydrogen (secondary N) is 2. The molecule has 17 nitrogen and oxygen atoms in total. The quantitative estimate of drug-likeness (QED) is 0.0214. The maximum atomic E-state index is 13.7. The van der Waals surface area contributed by atoms with Gasteiger partial charge in [-0.25, -0.2) is 14.4 Å². The lowest BCUT2D eigenvalue weighted by Crippen LogP contribution is -2.64. The monoisotopic (exact) mass is 977 g/mol. The Bertz CT molecular complexity index is 1870. The first-order valence-electron chi connectivity index (χ1n) is 25.3. The van der Waals surface area contributed by atoms with E-state index in [4.69, 9.17) is 28.4 Å². The lowest BCUT2D eigenvalue weighted by molar-refractivity contribution is -0.212. The maximum Gasteiger partial charge on any atom is 0.408 e. The summed E-state index contributed by atoms with van der Waals surface area (Å²) in [5.74, 6) is -5.50. The fraction of sp³-hybridized carbons (Fsp3) is 0.788. The van der Waals surface area contributed by atoms with Crippen molar-refractivity contribution < 1.29 is 72.2 Å². The van der Waals surface area contributed by atoms with Gasteiger partial charge in [0.1, 0.15) is 23.3 Å². The molecule has 2 aliphatic carbocycles. The maximum absolute atomic E-state index is 13.7. The summed E-state index contributed by atoms with van der Waals surface area (Å²) < 4.78 is 35.3. The van der Waals surface area contributed by atoms with Crippen LogP contribution < -0.4 is 10.6 Å².